The van der Waals surface area contributed by atoms with Crippen LogP contribution in [-0.2, 0) is 10.0 Å². The van der Waals surface area contributed by atoms with Gasteiger partial charge in [0.1, 0.15) is 12.4 Å². The van der Waals surface area contributed by atoms with Crippen molar-refractivity contribution in [1.82, 2.24) is 15.5 Å². The highest BCUT2D eigenvalue weighted by Crippen LogP contribution is 2.27. The number of ether oxygens (including phenoxy) is 2. The Hall–Kier alpha value is -3.45. The van der Waals surface area contributed by atoms with Gasteiger partial charge in [0.25, 0.3) is 10.0 Å². The maximum atomic E-state index is 12.6. The Kier molecular flexibility index (Phi) is 8.44. The summed E-state index contributed by atoms with van der Waals surface area (Å²) < 4.78 is 62.5. The van der Waals surface area contributed by atoms with Crippen molar-refractivity contribution in [2.45, 2.75) is 17.6 Å². The van der Waals surface area contributed by atoms with Gasteiger partial charge in [0, 0.05) is 29.9 Å². The first-order valence-electron chi connectivity index (χ1n) is 11.0. The number of fused-ring (bicyclic) bond motifs is 1. The SMILES string of the molecule is O=S(=O)(Nc1cccc(C(O)CNCCOc2ccc3c(OC(F)F)n[nH]c3c2)c1)c1cccc(Cl)c1. The van der Waals surface area contributed by atoms with Crippen LogP contribution in [-0.4, -0.2) is 50.0 Å². The molecule has 0 saturated carbocycles. The van der Waals surface area contributed by atoms with E-state index in [1.807, 2.05) is 0 Å². The molecule has 0 aliphatic heterocycles. The van der Waals surface area contributed by atoms with Crippen molar-refractivity contribution in [3.8, 4) is 11.6 Å². The molecule has 4 N–H and O–H groups in total. The Bertz CT molecular complexity index is 1470. The molecule has 1 atom stereocenters. The zero-order valence-electron chi connectivity index (χ0n) is 19.2. The second kappa shape index (κ2) is 11.7. The lowest BCUT2D eigenvalue weighted by atomic mass is 10.1. The molecule has 0 bridgehead atoms. The number of halogens is 3. The molecule has 0 saturated heterocycles. The van der Waals surface area contributed by atoms with Gasteiger partial charge in [0.05, 0.1) is 21.9 Å². The minimum Gasteiger partial charge on any atom is -0.492 e. The second-order valence-corrected chi connectivity index (χ2v) is 9.99. The third-order valence-electron chi connectivity index (χ3n) is 5.22. The van der Waals surface area contributed by atoms with E-state index < -0.39 is 22.7 Å². The molecule has 0 aliphatic carbocycles. The van der Waals surface area contributed by atoms with E-state index in [4.69, 9.17) is 16.3 Å². The maximum Gasteiger partial charge on any atom is 0.388 e. The Morgan fingerprint density at radius 2 is 1.89 bits per heavy atom. The fourth-order valence-corrected chi connectivity index (χ4v) is 4.84. The first-order chi connectivity index (χ1) is 17.7. The van der Waals surface area contributed by atoms with Crippen molar-refractivity contribution >= 4 is 38.2 Å². The zero-order chi connectivity index (χ0) is 26.4. The number of nitrogens with one attached hydrogen (secondary N) is 3. The van der Waals surface area contributed by atoms with Crippen LogP contribution in [0.2, 0.25) is 5.02 Å². The van der Waals surface area contributed by atoms with E-state index in [0.717, 1.165) is 0 Å². The average Bonchev–Trinajstić information content (AvgIpc) is 3.25. The number of rotatable bonds is 12. The van der Waals surface area contributed by atoms with E-state index in [-0.39, 0.29) is 23.9 Å². The lowest BCUT2D eigenvalue weighted by Gasteiger charge is -2.15. The number of aromatic nitrogens is 2. The number of H-pyrrole nitrogens is 1. The summed E-state index contributed by atoms with van der Waals surface area (Å²) in [4.78, 5) is 0.0289. The highest BCUT2D eigenvalue weighted by Gasteiger charge is 2.16. The van der Waals surface area contributed by atoms with E-state index in [1.54, 1.807) is 54.6 Å². The standard InChI is InChI=1S/C24H23ClF2N4O5S/c25-16-4-2-6-19(12-16)37(33,34)31-17-5-1-3-15(11-17)22(32)14-28-9-10-35-18-7-8-20-21(13-18)29-30-23(20)36-24(26)27/h1-8,11-13,22,24,28,31-32H,9-10,14H2,(H,29,30). The smallest absolute Gasteiger partial charge is 0.388 e. The van der Waals surface area contributed by atoms with Crippen LogP contribution in [0.15, 0.2) is 71.6 Å². The summed E-state index contributed by atoms with van der Waals surface area (Å²) in [5, 5.41) is 20.6. The number of hydrogen-bond acceptors (Lipinski definition) is 7. The van der Waals surface area contributed by atoms with Gasteiger partial charge in [-0.2, -0.15) is 8.78 Å². The molecule has 0 aliphatic rings. The maximum absolute atomic E-state index is 12.6. The summed E-state index contributed by atoms with van der Waals surface area (Å²) in [6, 6.07) is 17.2. The van der Waals surface area contributed by atoms with Crippen molar-refractivity contribution in [1.29, 1.82) is 0 Å². The number of aliphatic hydroxyl groups is 1. The number of sulfonamides is 1. The second-order valence-electron chi connectivity index (χ2n) is 7.87. The summed E-state index contributed by atoms with van der Waals surface area (Å²) in [5.41, 5.74) is 1.31. The quantitative estimate of drug-likeness (QED) is 0.193. The number of aliphatic hydroxyl groups excluding tert-OH is 1. The Balaban J connectivity index is 1.26. The van der Waals surface area contributed by atoms with Crippen LogP contribution in [0.25, 0.3) is 10.9 Å². The van der Waals surface area contributed by atoms with Crippen molar-refractivity contribution in [3.05, 3.63) is 77.3 Å². The van der Waals surface area contributed by atoms with Crippen molar-refractivity contribution in [2.24, 2.45) is 0 Å². The molecule has 1 aromatic heterocycles. The molecule has 4 aromatic rings. The van der Waals surface area contributed by atoms with Crippen molar-refractivity contribution in [3.63, 3.8) is 0 Å². The van der Waals surface area contributed by atoms with Gasteiger partial charge in [-0.1, -0.05) is 29.8 Å². The van der Waals surface area contributed by atoms with E-state index in [2.05, 4.69) is 25.0 Å². The van der Waals surface area contributed by atoms with Gasteiger partial charge in [-0.15, -0.1) is 5.10 Å². The Labute approximate surface area is 216 Å². The van der Waals surface area contributed by atoms with Crippen LogP contribution in [0.5, 0.6) is 11.6 Å². The molecular weight excluding hydrogens is 530 g/mol. The molecule has 4 rings (SSSR count). The van der Waals surface area contributed by atoms with Crippen molar-refractivity contribution in [2.75, 3.05) is 24.4 Å². The molecule has 0 amide bonds. The average molecular weight is 553 g/mol. The van der Waals surface area contributed by atoms with E-state index in [9.17, 15) is 22.3 Å². The van der Waals surface area contributed by atoms with Crippen LogP contribution < -0.4 is 19.5 Å². The Morgan fingerprint density at radius 1 is 1.08 bits per heavy atom. The Morgan fingerprint density at radius 3 is 2.68 bits per heavy atom. The molecule has 196 valence electrons. The molecule has 0 spiro atoms. The third kappa shape index (κ3) is 7.07. The highest BCUT2D eigenvalue weighted by molar-refractivity contribution is 7.92. The summed E-state index contributed by atoms with van der Waals surface area (Å²) in [6.45, 7) is -2.10. The van der Waals surface area contributed by atoms with E-state index >= 15 is 0 Å². The monoisotopic (exact) mass is 552 g/mol. The van der Waals surface area contributed by atoms with Crippen LogP contribution in [0.4, 0.5) is 14.5 Å². The van der Waals surface area contributed by atoms with E-state index in [0.29, 0.717) is 39.5 Å². The predicted molar refractivity (Wildman–Crippen MR) is 135 cm³/mol. The third-order valence-corrected chi connectivity index (χ3v) is 6.83. The first-order valence-corrected chi connectivity index (χ1v) is 12.9. The van der Waals surface area contributed by atoms with Crippen molar-refractivity contribution < 1.29 is 31.8 Å². The lowest BCUT2D eigenvalue weighted by Crippen LogP contribution is -2.26. The number of aromatic amines is 1. The van der Waals surface area contributed by atoms with E-state index in [1.165, 1.54) is 12.1 Å². The van der Waals surface area contributed by atoms with Crippen LogP contribution in [0.1, 0.15) is 11.7 Å². The van der Waals surface area contributed by atoms with Crippen LogP contribution in [0, 0.1) is 0 Å². The number of alkyl halides is 2. The number of anilines is 1. The van der Waals surface area contributed by atoms with Gasteiger partial charge in [-0.25, -0.2) is 8.42 Å². The van der Waals surface area contributed by atoms with Gasteiger partial charge in [-0.3, -0.25) is 9.82 Å². The molecule has 1 unspecified atom stereocenters. The summed E-state index contributed by atoms with van der Waals surface area (Å²) in [7, 11) is -3.84. The van der Waals surface area contributed by atoms with Gasteiger partial charge >= 0.3 is 6.61 Å². The fourth-order valence-electron chi connectivity index (χ4n) is 3.49. The highest BCUT2D eigenvalue weighted by atomic mass is 35.5. The van der Waals surface area contributed by atoms with Crippen LogP contribution in [0.3, 0.4) is 0 Å². The lowest BCUT2D eigenvalue weighted by molar-refractivity contribution is -0.0518. The number of hydrogen-bond donors (Lipinski definition) is 4. The van der Waals surface area contributed by atoms with Crippen LogP contribution >= 0.6 is 11.6 Å². The minimum atomic E-state index is -3.84. The molecule has 3 aromatic carbocycles. The zero-order valence-corrected chi connectivity index (χ0v) is 20.8. The molecule has 37 heavy (non-hydrogen) atoms. The molecular formula is C24H23ClF2N4O5S. The van der Waals surface area contributed by atoms with Gasteiger partial charge in [-0.05, 0) is 48.0 Å². The molecule has 13 heteroatoms. The molecule has 0 radical (unpaired) electrons. The number of nitrogens with zero attached hydrogens (tertiary/aromatic N) is 1. The molecule has 0 fully saturated rings. The summed E-state index contributed by atoms with van der Waals surface area (Å²) in [5.74, 6) is 0.315. The molecule has 9 nitrogen and oxygen atoms in total. The fraction of sp³-hybridized carbons (Fsp3) is 0.208. The predicted octanol–water partition coefficient (Wildman–Crippen LogP) is 4.32. The van der Waals surface area contributed by atoms with Gasteiger partial charge in [0.2, 0.25) is 5.88 Å². The number of benzene rings is 3. The molecule has 1 heterocycles. The summed E-state index contributed by atoms with van der Waals surface area (Å²) >= 11 is 5.89. The first kappa shape index (κ1) is 26.6. The normalized spacial score (nSPS) is 12.6. The van der Waals surface area contributed by atoms with Gasteiger partial charge < -0.3 is 19.9 Å². The summed E-state index contributed by atoms with van der Waals surface area (Å²) in [6.07, 6.45) is -0.898. The largest absolute Gasteiger partial charge is 0.492 e. The topological polar surface area (TPSA) is 126 Å². The van der Waals surface area contributed by atoms with Gasteiger partial charge in [0.15, 0.2) is 0 Å². The minimum absolute atomic E-state index is 0.0289.